The summed E-state index contributed by atoms with van der Waals surface area (Å²) in [5.74, 6) is 0.307. The number of amides is 1. The number of hydrazone groups is 1. The van der Waals surface area contributed by atoms with Crippen LogP contribution in [0, 0.1) is 10.1 Å². The lowest BCUT2D eigenvalue weighted by atomic mass is 9.92. The zero-order valence-electron chi connectivity index (χ0n) is 14.2. The number of nitrogens with zero attached hydrogens (tertiary/aromatic N) is 2. The third kappa shape index (κ3) is 4.66. The molecule has 0 radical (unpaired) electrons. The molecule has 0 heterocycles. The van der Waals surface area contributed by atoms with E-state index in [0.29, 0.717) is 11.3 Å². The lowest BCUT2D eigenvalue weighted by Gasteiger charge is -2.16. The Kier molecular flexibility index (Phi) is 5.58. The molecule has 1 aliphatic rings. The van der Waals surface area contributed by atoms with Gasteiger partial charge in [0.05, 0.1) is 11.1 Å². The first kappa shape index (κ1) is 17.6. The van der Waals surface area contributed by atoms with Crippen LogP contribution in [0.5, 0.6) is 5.75 Å². The van der Waals surface area contributed by atoms with Crippen LogP contribution in [0.1, 0.15) is 29.5 Å². The van der Waals surface area contributed by atoms with E-state index in [1.807, 2.05) is 12.1 Å². The second kappa shape index (κ2) is 8.24. The Morgan fingerprint density at radius 1 is 1.15 bits per heavy atom. The van der Waals surface area contributed by atoms with Crippen molar-refractivity contribution >= 4 is 17.8 Å². The number of fused-ring (bicyclic) bond motifs is 1. The van der Waals surface area contributed by atoms with Gasteiger partial charge in [0.1, 0.15) is 5.75 Å². The molecule has 0 aliphatic heterocycles. The summed E-state index contributed by atoms with van der Waals surface area (Å²) in [6, 6.07) is 11.8. The Morgan fingerprint density at radius 3 is 2.62 bits per heavy atom. The third-order valence-corrected chi connectivity index (χ3v) is 4.20. The second-order valence-electron chi connectivity index (χ2n) is 6.07. The Morgan fingerprint density at radius 2 is 1.88 bits per heavy atom. The van der Waals surface area contributed by atoms with Crippen LogP contribution in [0.15, 0.2) is 47.6 Å². The van der Waals surface area contributed by atoms with Crippen molar-refractivity contribution in [2.45, 2.75) is 25.7 Å². The quantitative estimate of drug-likeness (QED) is 0.491. The van der Waals surface area contributed by atoms with Gasteiger partial charge in [-0.15, -0.1) is 0 Å². The minimum Gasteiger partial charge on any atom is -0.484 e. The standard InChI is InChI=1S/C19H19N3O4/c23-19(21-20-12-14-5-8-17(9-6-14)22(24)25)13-26-18-10-7-15-3-1-2-4-16(15)11-18/h5-12H,1-4,13H2,(H,21,23)/b20-12+. The average molecular weight is 353 g/mol. The van der Waals surface area contributed by atoms with Crippen molar-refractivity contribution in [1.29, 1.82) is 0 Å². The van der Waals surface area contributed by atoms with Gasteiger partial charge in [0.25, 0.3) is 11.6 Å². The Balaban J connectivity index is 1.47. The lowest BCUT2D eigenvalue weighted by molar-refractivity contribution is -0.384. The van der Waals surface area contributed by atoms with Crippen molar-refractivity contribution in [3.05, 3.63) is 69.3 Å². The summed E-state index contributed by atoms with van der Waals surface area (Å²) in [5, 5.41) is 14.4. The molecule has 0 atom stereocenters. The van der Waals surface area contributed by atoms with Gasteiger partial charge in [0.15, 0.2) is 6.61 Å². The summed E-state index contributed by atoms with van der Waals surface area (Å²) in [6.45, 7) is -0.129. The highest BCUT2D eigenvalue weighted by molar-refractivity contribution is 5.83. The molecule has 0 aromatic heterocycles. The van der Waals surface area contributed by atoms with Crippen molar-refractivity contribution in [2.24, 2.45) is 5.10 Å². The molecule has 7 nitrogen and oxygen atoms in total. The van der Waals surface area contributed by atoms with Crippen molar-refractivity contribution in [3.8, 4) is 5.75 Å². The molecule has 0 unspecified atom stereocenters. The van der Waals surface area contributed by atoms with Crippen LogP contribution in [0.25, 0.3) is 0 Å². The Hall–Kier alpha value is -3.22. The molecule has 0 saturated carbocycles. The monoisotopic (exact) mass is 353 g/mol. The molecule has 7 heteroatoms. The normalized spacial score (nSPS) is 13.2. The van der Waals surface area contributed by atoms with Gasteiger partial charge >= 0.3 is 0 Å². The summed E-state index contributed by atoms with van der Waals surface area (Å²) < 4.78 is 5.52. The number of benzene rings is 2. The maximum atomic E-state index is 11.8. The number of ether oxygens (including phenoxy) is 1. The predicted octanol–water partition coefficient (Wildman–Crippen LogP) is 3.00. The molecule has 134 valence electrons. The van der Waals surface area contributed by atoms with Gasteiger partial charge in [0, 0.05) is 12.1 Å². The Bertz CT molecular complexity index is 831. The lowest BCUT2D eigenvalue weighted by Crippen LogP contribution is -2.24. The smallest absolute Gasteiger partial charge is 0.277 e. The molecular formula is C19H19N3O4. The highest BCUT2D eigenvalue weighted by Crippen LogP contribution is 2.25. The molecule has 0 bridgehead atoms. The van der Waals surface area contributed by atoms with Crippen LogP contribution >= 0.6 is 0 Å². The largest absolute Gasteiger partial charge is 0.484 e. The SMILES string of the molecule is O=C(COc1ccc2c(c1)CCCC2)N/N=C/c1ccc([N+](=O)[O-])cc1. The van der Waals surface area contributed by atoms with E-state index in [2.05, 4.69) is 16.6 Å². The van der Waals surface area contributed by atoms with E-state index in [9.17, 15) is 14.9 Å². The van der Waals surface area contributed by atoms with E-state index in [-0.39, 0.29) is 18.2 Å². The van der Waals surface area contributed by atoms with Gasteiger partial charge < -0.3 is 4.74 Å². The molecule has 0 saturated heterocycles. The van der Waals surface area contributed by atoms with Crippen LogP contribution in [0.4, 0.5) is 5.69 Å². The molecule has 0 spiro atoms. The van der Waals surface area contributed by atoms with E-state index in [0.717, 1.165) is 12.8 Å². The number of non-ortho nitro benzene ring substituents is 1. The number of carbonyl (C=O) groups is 1. The number of hydrogen-bond donors (Lipinski definition) is 1. The topological polar surface area (TPSA) is 93.8 Å². The summed E-state index contributed by atoms with van der Waals surface area (Å²) in [4.78, 5) is 21.9. The van der Waals surface area contributed by atoms with Crippen molar-refractivity contribution in [1.82, 2.24) is 5.43 Å². The number of nitro groups is 1. The third-order valence-electron chi connectivity index (χ3n) is 4.20. The Labute approximate surface area is 150 Å². The molecule has 0 fully saturated rings. The van der Waals surface area contributed by atoms with Crippen molar-refractivity contribution in [2.75, 3.05) is 6.61 Å². The maximum Gasteiger partial charge on any atom is 0.277 e. The van der Waals surface area contributed by atoms with E-state index in [4.69, 9.17) is 4.74 Å². The second-order valence-corrected chi connectivity index (χ2v) is 6.07. The van der Waals surface area contributed by atoms with Crippen LogP contribution in [-0.2, 0) is 17.6 Å². The molecule has 1 N–H and O–H groups in total. The van der Waals surface area contributed by atoms with Gasteiger partial charge in [-0.3, -0.25) is 14.9 Å². The molecule has 26 heavy (non-hydrogen) atoms. The minimum absolute atomic E-state index is 0.00429. The van der Waals surface area contributed by atoms with Crippen molar-refractivity contribution in [3.63, 3.8) is 0 Å². The van der Waals surface area contributed by atoms with Gasteiger partial charge in [-0.2, -0.15) is 5.10 Å². The molecule has 3 rings (SSSR count). The number of rotatable bonds is 6. The molecule has 2 aromatic rings. The van der Waals surface area contributed by atoms with Crippen LogP contribution in [0.3, 0.4) is 0 Å². The van der Waals surface area contributed by atoms with E-state index in [1.54, 1.807) is 12.1 Å². The fraction of sp³-hybridized carbons (Fsp3) is 0.263. The zero-order valence-corrected chi connectivity index (χ0v) is 14.2. The van der Waals surface area contributed by atoms with E-state index >= 15 is 0 Å². The summed E-state index contributed by atoms with van der Waals surface area (Å²) in [6.07, 6.45) is 5.99. The zero-order chi connectivity index (χ0) is 18.4. The number of nitro benzene ring substituents is 1. The first-order valence-electron chi connectivity index (χ1n) is 8.43. The predicted molar refractivity (Wildman–Crippen MR) is 97.4 cm³/mol. The molecule has 1 amide bonds. The molecule has 1 aliphatic carbocycles. The summed E-state index contributed by atoms with van der Waals surface area (Å²) >= 11 is 0. The van der Waals surface area contributed by atoms with Crippen LogP contribution < -0.4 is 10.2 Å². The maximum absolute atomic E-state index is 11.8. The van der Waals surface area contributed by atoms with Gasteiger partial charge in [0.2, 0.25) is 0 Å². The van der Waals surface area contributed by atoms with Crippen molar-refractivity contribution < 1.29 is 14.5 Å². The fourth-order valence-corrected chi connectivity index (χ4v) is 2.84. The number of carbonyl (C=O) groups excluding carboxylic acids is 1. The van der Waals surface area contributed by atoms with E-state index < -0.39 is 4.92 Å². The minimum atomic E-state index is -0.471. The first-order chi connectivity index (χ1) is 12.6. The summed E-state index contributed by atoms with van der Waals surface area (Å²) in [5.41, 5.74) is 5.68. The van der Waals surface area contributed by atoms with Gasteiger partial charge in [-0.1, -0.05) is 6.07 Å². The first-order valence-corrected chi connectivity index (χ1v) is 8.43. The molecule has 2 aromatic carbocycles. The highest BCUT2D eigenvalue weighted by Gasteiger charge is 2.10. The highest BCUT2D eigenvalue weighted by atomic mass is 16.6. The van der Waals surface area contributed by atoms with Crippen LogP contribution in [-0.4, -0.2) is 23.7 Å². The number of hydrogen-bond acceptors (Lipinski definition) is 5. The number of nitrogens with one attached hydrogen (secondary N) is 1. The fourth-order valence-electron chi connectivity index (χ4n) is 2.84. The summed E-state index contributed by atoms with van der Waals surface area (Å²) in [7, 11) is 0. The number of aryl methyl sites for hydroxylation is 2. The average Bonchev–Trinajstić information content (AvgIpc) is 2.66. The van der Waals surface area contributed by atoms with E-state index in [1.165, 1.54) is 42.3 Å². The van der Waals surface area contributed by atoms with Crippen LogP contribution in [0.2, 0.25) is 0 Å². The van der Waals surface area contributed by atoms with Gasteiger partial charge in [-0.25, -0.2) is 5.43 Å². The van der Waals surface area contributed by atoms with Gasteiger partial charge in [-0.05, 0) is 66.6 Å². The molecular weight excluding hydrogens is 334 g/mol.